The van der Waals surface area contributed by atoms with Gasteiger partial charge in [-0.05, 0) is 30.7 Å². The third kappa shape index (κ3) is 4.49. The number of amides is 1. The molecule has 0 unspecified atom stereocenters. The standard InChI is InChI=1S/C21H14ClN5O5S/c1-12-5-6-17(22)19-18(12)24-21(33-19)25(11-14-4-2-3-7-23-14)20(28)13-8-15(26(29)30)10-16(9-13)27(31)32/h2-10H,11H2,1H3. The van der Waals surface area contributed by atoms with Crippen LogP contribution in [-0.2, 0) is 6.54 Å². The zero-order valence-corrected chi connectivity index (χ0v) is 18.5. The average molecular weight is 484 g/mol. The first-order valence-electron chi connectivity index (χ1n) is 9.46. The molecule has 0 atom stereocenters. The van der Waals surface area contributed by atoms with Gasteiger partial charge >= 0.3 is 0 Å². The molecule has 33 heavy (non-hydrogen) atoms. The van der Waals surface area contributed by atoms with Gasteiger partial charge in [-0.25, -0.2) is 4.98 Å². The summed E-state index contributed by atoms with van der Waals surface area (Å²) in [5.74, 6) is -0.694. The summed E-state index contributed by atoms with van der Waals surface area (Å²) in [6.45, 7) is 1.85. The van der Waals surface area contributed by atoms with Crippen molar-refractivity contribution in [2.24, 2.45) is 0 Å². The largest absolute Gasteiger partial charge is 0.278 e. The Morgan fingerprint density at radius 1 is 1.09 bits per heavy atom. The molecule has 2 aromatic carbocycles. The number of benzene rings is 2. The third-order valence-corrected chi connectivity index (χ3v) is 6.32. The number of aryl methyl sites for hydroxylation is 1. The summed E-state index contributed by atoms with van der Waals surface area (Å²) in [4.78, 5) is 44.7. The Kier molecular flexibility index (Phi) is 5.99. The summed E-state index contributed by atoms with van der Waals surface area (Å²) in [6, 6.07) is 11.5. The van der Waals surface area contributed by atoms with Gasteiger partial charge in [0.25, 0.3) is 17.3 Å². The lowest BCUT2D eigenvalue weighted by Crippen LogP contribution is -2.30. The number of hydrogen-bond donors (Lipinski definition) is 0. The third-order valence-electron chi connectivity index (χ3n) is 4.78. The lowest BCUT2D eigenvalue weighted by Gasteiger charge is -2.19. The van der Waals surface area contributed by atoms with Crippen molar-refractivity contribution < 1.29 is 14.6 Å². The van der Waals surface area contributed by atoms with E-state index in [1.165, 1.54) is 16.2 Å². The maximum atomic E-state index is 13.5. The van der Waals surface area contributed by atoms with E-state index in [0.29, 0.717) is 20.9 Å². The number of nitrogens with zero attached hydrogens (tertiary/aromatic N) is 5. The Morgan fingerprint density at radius 2 is 1.79 bits per heavy atom. The highest BCUT2D eigenvalue weighted by Gasteiger charge is 2.27. The van der Waals surface area contributed by atoms with E-state index in [0.717, 1.165) is 23.8 Å². The molecule has 0 aliphatic rings. The topological polar surface area (TPSA) is 132 Å². The molecule has 0 saturated carbocycles. The second kappa shape index (κ2) is 8.88. The summed E-state index contributed by atoms with van der Waals surface area (Å²) in [7, 11) is 0. The molecular formula is C21H14ClN5O5S. The van der Waals surface area contributed by atoms with Crippen LogP contribution in [0.25, 0.3) is 10.2 Å². The van der Waals surface area contributed by atoms with Crippen LogP contribution in [0.4, 0.5) is 16.5 Å². The van der Waals surface area contributed by atoms with E-state index in [1.54, 1.807) is 30.5 Å². The number of non-ortho nitro benzene ring substituents is 2. The quantitative estimate of drug-likeness (QED) is 0.268. The summed E-state index contributed by atoms with van der Waals surface area (Å²) in [6.07, 6.45) is 1.57. The van der Waals surface area contributed by atoms with Crippen LogP contribution in [-0.4, -0.2) is 25.7 Å². The zero-order chi connectivity index (χ0) is 23.7. The van der Waals surface area contributed by atoms with Crippen molar-refractivity contribution in [1.82, 2.24) is 9.97 Å². The second-order valence-electron chi connectivity index (χ2n) is 7.00. The highest BCUT2D eigenvalue weighted by atomic mass is 35.5. The van der Waals surface area contributed by atoms with Crippen LogP contribution in [0.3, 0.4) is 0 Å². The molecule has 0 bridgehead atoms. The van der Waals surface area contributed by atoms with E-state index in [-0.39, 0.29) is 17.2 Å². The summed E-state index contributed by atoms with van der Waals surface area (Å²) < 4.78 is 0.676. The first kappa shape index (κ1) is 22.2. The lowest BCUT2D eigenvalue weighted by atomic mass is 10.1. The molecule has 0 aliphatic carbocycles. The van der Waals surface area contributed by atoms with Gasteiger partial charge in [0.05, 0.1) is 49.0 Å². The molecule has 0 radical (unpaired) electrons. The first-order valence-corrected chi connectivity index (χ1v) is 10.7. The molecule has 2 heterocycles. The SMILES string of the molecule is Cc1ccc(Cl)c2sc(N(Cc3ccccn3)C(=O)c3cc([N+](=O)[O-])cc([N+](=O)[O-])c3)nc12. The fraction of sp³-hybridized carbons (Fsp3) is 0.0952. The summed E-state index contributed by atoms with van der Waals surface area (Å²) in [5, 5.41) is 23.3. The van der Waals surface area contributed by atoms with Crippen LogP contribution in [0.15, 0.2) is 54.7 Å². The van der Waals surface area contributed by atoms with Crippen molar-refractivity contribution >= 4 is 55.6 Å². The van der Waals surface area contributed by atoms with Gasteiger partial charge in [0, 0.05) is 18.3 Å². The fourth-order valence-electron chi connectivity index (χ4n) is 3.17. The number of aromatic nitrogens is 2. The van der Waals surface area contributed by atoms with Crippen LogP contribution in [0.1, 0.15) is 21.6 Å². The lowest BCUT2D eigenvalue weighted by molar-refractivity contribution is -0.394. The highest BCUT2D eigenvalue weighted by Crippen LogP contribution is 2.37. The Hall–Kier alpha value is -3.96. The van der Waals surface area contributed by atoms with Gasteiger partial charge in [0.1, 0.15) is 0 Å². The van der Waals surface area contributed by atoms with Gasteiger partial charge < -0.3 is 0 Å². The smallest absolute Gasteiger partial charge is 0.277 e. The first-order chi connectivity index (χ1) is 15.7. The normalized spacial score (nSPS) is 10.8. The maximum Gasteiger partial charge on any atom is 0.277 e. The molecule has 166 valence electrons. The van der Waals surface area contributed by atoms with Crippen molar-refractivity contribution in [3.05, 3.63) is 96.8 Å². The molecule has 2 aromatic heterocycles. The van der Waals surface area contributed by atoms with Crippen LogP contribution >= 0.6 is 22.9 Å². The van der Waals surface area contributed by atoms with Gasteiger partial charge in [-0.2, -0.15) is 0 Å². The number of nitro benzene ring substituents is 2. The van der Waals surface area contributed by atoms with Gasteiger partial charge in [-0.15, -0.1) is 0 Å². The average Bonchev–Trinajstić information content (AvgIpc) is 3.26. The number of anilines is 1. The zero-order valence-electron chi connectivity index (χ0n) is 17.0. The molecule has 1 amide bonds. The minimum absolute atomic E-state index is 0.00729. The van der Waals surface area contributed by atoms with Crippen molar-refractivity contribution in [1.29, 1.82) is 0 Å². The van der Waals surface area contributed by atoms with E-state index >= 15 is 0 Å². The molecule has 12 heteroatoms. The molecular weight excluding hydrogens is 470 g/mol. The second-order valence-corrected chi connectivity index (χ2v) is 8.39. The van der Waals surface area contributed by atoms with E-state index < -0.39 is 27.1 Å². The predicted molar refractivity (Wildman–Crippen MR) is 124 cm³/mol. The minimum atomic E-state index is -0.784. The minimum Gasteiger partial charge on any atom is -0.278 e. The number of rotatable bonds is 6. The molecule has 4 rings (SSSR count). The van der Waals surface area contributed by atoms with Gasteiger partial charge in [-0.3, -0.25) is 34.9 Å². The fourth-order valence-corrected chi connectivity index (χ4v) is 4.49. The number of nitro groups is 2. The number of pyridine rings is 1. The highest BCUT2D eigenvalue weighted by molar-refractivity contribution is 7.23. The Bertz CT molecular complexity index is 1340. The molecule has 0 fully saturated rings. The van der Waals surface area contributed by atoms with Crippen LogP contribution < -0.4 is 4.90 Å². The van der Waals surface area contributed by atoms with Crippen molar-refractivity contribution in [3.63, 3.8) is 0 Å². The molecule has 0 saturated heterocycles. The monoisotopic (exact) mass is 483 g/mol. The predicted octanol–water partition coefficient (Wildman–Crippen LogP) is 5.32. The molecule has 0 N–H and O–H groups in total. The van der Waals surface area contributed by atoms with E-state index in [2.05, 4.69) is 9.97 Å². The van der Waals surface area contributed by atoms with Gasteiger partial charge in [0.2, 0.25) is 0 Å². The number of carbonyl (C=O) groups excluding carboxylic acids is 1. The van der Waals surface area contributed by atoms with Crippen LogP contribution in [0.5, 0.6) is 0 Å². The molecule has 0 aliphatic heterocycles. The van der Waals surface area contributed by atoms with Gasteiger partial charge in [-0.1, -0.05) is 35.1 Å². The van der Waals surface area contributed by atoms with E-state index in [4.69, 9.17) is 11.6 Å². The van der Waals surface area contributed by atoms with Gasteiger partial charge in [0.15, 0.2) is 5.13 Å². The molecule has 10 nitrogen and oxygen atoms in total. The van der Waals surface area contributed by atoms with Crippen LogP contribution in [0.2, 0.25) is 5.02 Å². The molecule has 4 aromatic rings. The van der Waals surface area contributed by atoms with Crippen molar-refractivity contribution in [2.45, 2.75) is 13.5 Å². The Balaban J connectivity index is 1.86. The Morgan fingerprint density at radius 3 is 2.36 bits per heavy atom. The Labute approximate surface area is 195 Å². The number of halogens is 1. The summed E-state index contributed by atoms with van der Waals surface area (Å²) in [5.41, 5.74) is 0.670. The number of fused-ring (bicyclic) bond motifs is 1. The maximum absolute atomic E-state index is 13.5. The summed E-state index contributed by atoms with van der Waals surface area (Å²) >= 11 is 7.50. The van der Waals surface area contributed by atoms with Crippen LogP contribution in [0, 0.1) is 27.2 Å². The van der Waals surface area contributed by atoms with Crippen molar-refractivity contribution in [2.75, 3.05) is 4.90 Å². The number of hydrogen-bond acceptors (Lipinski definition) is 8. The number of thiazole rings is 1. The van der Waals surface area contributed by atoms with E-state index in [1.807, 2.05) is 13.0 Å². The number of carbonyl (C=O) groups is 1. The molecule has 0 spiro atoms. The van der Waals surface area contributed by atoms with Crippen molar-refractivity contribution in [3.8, 4) is 0 Å². The van der Waals surface area contributed by atoms with E-state index in [9.17, 15) is 25.0 Å².